The molecule has 0 aromatic rings. The minimum Gasteiger partial charge on any atom is -0.463 e. The average molecular weight is 1400 g/mol. The van der Waals surface area contributed by atoms with Gasteiger partial charge in [0.2, 0.25) is 0 Å². The van der Waals surface area contributed by atoms with Crippen LogP contribution in [0.4, 0.5) is 0 Å². The molecule has 18 atom stereocenters. The maximum atomic E-state index is 14.3. The number of hydrogen-bond donors (Lipinski definition) is 11. The Hall–Kier alpha value is -2.30. The summed E-state index contributed by atoms with van der Waals surface area (Å²) in [6.07, 6.45) is 11.5. The summed E-state index contributed by atoms with van der Waals surface area (Å²) in [5, 5.41) is 110. The summed E-state index contributed by atoms with van der Waals surface area (Å²) in [4.78, 5) is 50.9. The summed E-state index contributed by atoms with van der Waals surface area (Å²) in [5.74, 6) is -2.00. The first kappa shape index (κ1) is 87.9. The molecule has 0 bridgehead atoms. The number of hydrogen-bond acceptors (Lipinski definition) is 23. The number of carbonyl (C=O) groups excluding carboxylic acids is 3. The first-order valence-corrected chi connectivity index (χ1v) is 39.0. The summed E-state index contributed by atoms with van der Waals surface area (Å²) in [6.45, 7) is 3.42. The van der Waals surface area contributed by atoms with Crippen LogP contribution in [0.3, 0.4) is 0 Å². The SMILES string of the molecule is CCCCCCCCC/C=C\CCCCCC(=O)OCC(COP(=O)(O)OC1C(OC2OC(CO)C(O)C(O)C2O)C(O)C(O)C(O)C1OC1OC(COC(=O)CCCCCCCCCCCCCCCCCC)C(O)C(O)C1O)OC(=O)CCCCCCCCCCCCC. The zero-order valence-electron chi connectivity index (χ0n) is 58.7. The Balaban J connectivity index is 1.73. The van der Waals surface area contributed by atoms with Crippen LogP contribution in [-0.4, -0.2) is 204 Å². The van der Waals surface area contributed by atoms with Gasteiger partial charge in [-0.2, -0.15) is 0 Å². The van der Waals surface area contributed by atoms with Gasteiger partial charge in [-0.1, -0.05) is 238 Å². The van der Waals surface area contributed by atoms with Crippen LogP contribution < -0.4 is 0 Å². The average Bonchev–Trinajstić information content (AvgIpc) is 0.792. The molecule has 2 heterocycles. The van der Waals surface area contributed by atoms with Crippen molar-refractivity contribution < 1.29 is 117 Å². The summed E-state index contributed by atoms with van der Waals surface area (Å²) in [7, 11) is -5.69. The fourth-order valence-electron chi connectivity index (χ4n) is 12.4. The van der Waals surface area contributed by atoms with Gasteiger partial charge in [0.05, 0.1) is 13.2 Å². The number of aliphatic hydroxyl groups is 10. The second-order valence-electron chi connectivity index (χ2n) is 27.0. The first-order valence-electron chi connectivity index (χ1n) is 37.5. The number of phosphoric ester groups is 1. The summed E-state index contributed by atoms with van der Waals surface area (Å²) in [5.41, 5.74) is 0. The van der Waals surface area contributed by atoms with E-state index in [2.05, 4.69) is 32.9 Å². The Morgan fingerprint density at radius 2 is 0.729 bits per heavy atom. The largest absolute Gasteiger partial charge is 0.472 e. The molecule has 0 amide bonds. The molecule has 3 fully saturated rings. The van der Waals surface area contributed by atoms with Crippen molar-refractivity contribution in [3.8, 4) is 0 Å². The maximum absolute atomic E-state index is 14.3. The molecule has 25 heteroatoms. The van der Waals surface area contributed by atoms with Crippen LogP contribution in [0.25, 0.3) is 0 Å². The molecule has 11 N–H and O–H groups in total. The second kappa shape index (κ2) is 53.5. The smallest absolute Gasteiger partial charge is 0.463 e. The van der Waals surface area contributed by atoms with E-state index in [-0.39, 0.29) is 19.3 Å². The monoisotopic (exact) mass is 1400 g/mol. The highest BCUT2D eigenvalue weighted by Crippen LogP contribution is 2.49. The van der Waals surface area contributed by atoms with E-state index in [4.69, 9.17) is 42.2 Å². The minimum atomic E-state index is -5.69. The van der Waals surface area contributed by atoms with E-state index in [0.717, 1.165) is 96.3 Å². The fourth-order valence-corrected chi connectivity index (χ4v) is 13.4. The third-order valence-corrected chi connectivity index (χ3v) is 19.5. The number of esters is 3. The Labute approximate surface area is 573 Å². The van der Waals surface area contributed by atoms with Crippen LogP contribution >= 0.6 is 7.82 Å². The summed E-state index contributed by atoms with van der Waals surface area (Å²) >= 11 is 0. The molecule has 3 aliphatic rings. The van der Waals surface area contributed by atoms with Gasteiger partial charge in [0.15, 0.2) is 18.7 Å². The van der Waals surface area contributed by atoms with Crippen LogP contribution in [-0.2, 0) is 61.2 Å². The highest BCUT2D eigenvalue weighted by Gasteiger charge is 2.58. The van der Waals surface area contributed by atoms with Gasteiger partial charge in [-0.15, -0.1) is 0 Å². The zero-order chi connectivity index (χ0) is 70.4. The van der Waals surface area contributed by atoms with Crippen molar-refractivity contribution in [2.24, 2.45) is 0 Å². The van der Waals surface area contributed by atoms with Crippen LogP contribution in [0.2, 0.25) is 0 Å². The lowest BCUT2D eigenvalue weighted by Crippen LogP contribution is -2.69. The third-order valence-electron chi connectivity index (χ3n) is 18.5. The Bertz CT molecular complexity index is 2040. The predicted molar refractivity (Wildman–Crippen MR) is 361 cm³/mol. The highest BCUT2D eigenvalue weighted by atomic mass is 31.2. The van der Waals surface area contributed by atoms with Gasteiger partial charge in [-0.3, -0.25) is 23.4 Å². The summed E-state index contributed by atoms with van der Waals surface area (Å²) < 4.78 is 64.9. The van der Waals surface area contributed by atoms with E-state index >= 15 is 0 Å². The number of aliphatic hydroxyl groups excluding tert-OH is 10. The second-order valence-corrected chi connectivity index (χ2v) is 28.4. The standard InChI is InChI=1S/C71H131O24P/c1-4-7-10-13-16-19-22-24-26-27-29-32-34-37-40-43-46-56(74)88-51-54-59(77)61(79)66(84)71(92-54)94-68-64(82)62(80)63(81)67(93-70-65(83)60(78)58(76)53(48-72)91-70)69(68)95-96(85,86)89-50-52(90-57(75)47-44-41-38-35-30-21-18-15-12-9-6-3)49-87-55(73)45-42-39-36-33-31-28-25-23-20-17-14-11-8-5-2/h28,31,52-54,58-72,76-84H,4-27,29-30,32-51H2,1-3H3,(H,85,86)/b31-28-. The van der Waals surface area contributed by atoms with Crippen LogP contribution in [0.1, 0.15) is 290 Å². The highest BCUT2D eigenvalue weighted by molar-refractivity contribution is 7.47. The van der Waals surface area contributed by atoms with E-state index in [1.165, 1.54) is 135 Å². The van der Waals surface area contributed by atoms with E-state index in [9.17, 15) is 74.9 Å². The number of unbranched alkanes of at least 4 members (excludes halogenated alkanes) is 35. The molecule has 1 aliphatic carbocycles. The molecule has 0 aromatic heterocycles. The molecule has 24 nitrogen and oxygen atoms in total. The third kappa shape index (κ3) is 36.5. The Morgan fingerprint density at radius 3 is 1.14 bits per heavy atom. The van der Waals surface area contributed by atoms with Gasteiger partial charge >= 0.3 is 25.7 Å². The molecule has 1 saturated carbocycles. The molecule has 564 valence electrons. The van der Waals surface area contributed by atoms with E-state index in [0.29, 0.717) is 19.3 Å². The number of ether oxygens (including phenoxy) is 7. The van der Waals surface area contributed by atoms with Gasteiger partial charge in [0, 0.05) is 19.3 Å². The molecule has 96 heavy (non-hydrogen) atoms. The van der Waals surface area contributed by atoms with Crippen molar-refractivity contribution in [2.45, 2.75) is 395 Å². The topological polar surface area (TPSA) is 374 Å². The molecule has 2 saturated heterocycles. The van der Waals surface area contributed by atoms with E-state index in [1.54, 1.807) is 0 Å². The van der Waals surface area contributed by atoms with Gasteiger partial charge < -0.3 is 89.1 Å². The molecule has 2 aliphatic heterocycles. The lowest BCUT2D eigenvalue weighted by atomic mass is 9.84. The van der Waals surface area contributed by atoms with E-state index < -0.39 is 156 Å². The van der Waals surface area contributed by atoms with Crippen molar-refractivity contribution in [1.29, 1.82) is 0 Å². The number of allylic oxidation sites excluding steroid dienone is 2. The van der Waals surface area contributed by atoms with E-state index in [1.807, 2.05) is 0 Å². The lowest BCUT2D eigenvalue weighted by Gasteiger charge is -2.49. The Morgan fingerprint density at radius 1 is 0.396 bits per heavy atom. The quantitative estimate of drug-likeness (QED) is 0.00886. The van der Waals surface area contributed by atoms with Crippen molar-refractivity contribution >= 4 is 25.7 Å². The predicted octanol–water partition coefficient (Wildman–Crippen LogP) is 9.96. The molecule has 3 rings (SSSR count). The first-order chi connectivity index (χ1) is 46.3. The van der Waals surface area contributed by atoms with Crippen LogP contribution in [0, 0.1) is 0 Å². The number of rotatable bonds is 58. The van der Waals surface area contributed by atoms with Crippen molar-refractivity contribution in [2.75, 3.05) is 26.4 Å². The van der Waals surface area contributed by atoms with Gasteiger partial charge in [0.1, 0.15) is 98.7 Å². The maximum Gasteiger partial charge on any atom is 0.472 e. The van der Waals surface area contributed by atoms with Crippen molar-refractivity contribution in [3.63, 3.8) is 0 Å². The summed E-state index contributed by atoms with van der Waals surface area (Å²) in [6, 6.07) is 0. The van der Waals surface area contributed by atoms with Crippen LogP contribution in [0.15, 0.2) is 12.2 Å². The lowest BCUT2D eigenvalue weighted by molar-refractivity contribution is -0.360. The van der Waals surface area contributed by atoms with Crippen molar-refractivity contribution in [3.05, 3.63) is 12.2 Å². The Kier molecular flexibility index (Phi) is 49.0. The molecule has 18 unspecified atom stereocenters. The van der Waals surface area contributed by atoms with Gasteiger partial charge in [-0.05, 0) is 44.9 Å². The van der Waals surface area contributed by atoms with Gasteiger partial charge in [0.25, 0.3) is 0 Å². The minimum absolute atomic E-state index is 0.0277. The zero-order valence-corrected chi connectivity index (χ0v) is 59.6. The molecular weight excluding hydrogens is 1270 g/mol. The normalized spacial score (nSPS) is 28.0. The molecule has 0 spiro atoms. The van der Waals surface area contributed by atoms with Gasteiger partial charge in [-0.25, -0.2) is 4.57 Å². The fraction of sp³-hybridized carbons (Fsp3) is 0.930. The van der Waals surface area contributed by atoms with Crippen LogP contribution in [0.5, 0.6) is 0 Å². The number of phosphoric acid groups is 1. The molecule has 0 radical (unpaired) electrons. The van der Waals surface area contributed by atoms with Crippen molar-refractivity contribution in [1.82, 2.24) is 0 Å². The number of carbonyl (C=O) groups is 3. The molecule has 0 aromatic carbocycles. The molecular formula is C71H131O24P.